The van der Waals surface area contributed by atoms with Crippen LogP contribution in [0.3, 0.4) is 0 Å². The van der Waals surface area contributed by atoms with Gasteiger partial charge >= 0.3 is 11.9 Å². The van der Waals surface area contributed by atoms with Crippen LogP contribution in [-0.4, -0.2) is 47.6 Å². The zero-order chi connectivity index (χ0) is 33.1. The number of ether oxygens (including phenoxy) is 2. The predicted octanol–water partition coefficient (Wildman–Crippen LogP) is 9.81. The van der Waals surface area contributed by atoms with Gasteiger partial charge in [0.25, 0.3) is 0 Å². The largest absolute Gasteiger partial charge is 0.463 e. The van der Waals surface area contributed by atoms with Crippen molar-refractivity contribution in [1.29, 1.82) is 0 Å². The van der Waals surface area contributed by atoms with Crippen LogP contribution in [0.5, 0.6) is 0 Å². The lowest BCUT2D eigenvalue weighted by Gasteiger charge is -2.12. The van der Waals surface area contributed by atoms with Gasteiger partial charge in [-0.3, -0.25) is 9.59 Å². The van der Waals surface area contributed by atoms with Crippen molar-refractivity contribution >= 4 is 11.9 Å². The van der Waals surface area contributed by atoms with Crippen LogP contribution in [0, 0.1) is 0 Å². The number of esters is 2. The number of aliphatic hydroxyl groups excluding tert-OH is 2. The van der Waals surface area contributed by atoms with Gasteiger partial charge in [-0.1, -0.05) is 152 Å². The van der Waals surface area contributed by atoms with E-state index >= 15 is 0 Å². The lowest BCUT2D eigenvalue weighted by molar-refractivity contribution is -0.152. The summed E-state index contributed by atoms with van der Waals surface area (Å²) in [5, 5.41) is 20.0. The van der Waals surface area contributed by atoms with E-state index in [1.807, 2.05) is 18.2 Å². The Bertz CT molecular complexity index is 825. The molecule has 0 saturated carbocycles. The number of hydrogen-bond donors (Lipinski definition) is 2. The quantitative estimate of drug-likeness (QED) is 0.0343. The van der Waals surface area contributed by atoms with E-state index in [2.05, 4.69) is 50.3 Å². The number of carbonyl (C=O) groups is 2. The normalized spacial score (nSPS) is 13.6. The molecular weight excluding hydrogens is 564 g/mol. The minimum atomic E-state index is -1.04. The fourth-order valence-corrected chi connectivity index (χ4v) is 4.64. The molecule has 0 saturated heterocycles. The van der Waals surface area contributed by atoms with Crippen molar-refractivity contribution in [3.05, 3.63) is 60.8 Å². The number of unbranched alkanes of at least 4 members (excludes halogenated alkanes) is 12. The van der Waals surface area contributed by atoms with E-state index in [-0.39, 0.29) is 25.6 Å². The highest BCUT2D eigenvalue weighted by atomic mass is 16.6. The molecule has 1 unspecified atom stereocenters. The molecule has 0 aliphatic rings. The summed E-state index contributed by atoms with van der Waals surface area (Å²) in [4.78, 5) is 23.9. The minimum Gasteiger partial charge on any atom is -0.463 e. The van der Waals surface area contributed by atoms with Crippen molar-refractivity contribution in [2.75, 3.05) is 13.2 Å². The molecule has 0 spiro atoms. The second kappa shape index (κ2) is 34.4. The van der Waals surface area contributed by atoms with Crippen LogP contribution in [-0.2, 0) is 19.1 Å². The topological polar surface area (TPSA) is 93.1 Å². The van der Waals surface area contributed by atoms with Crippen molar-refractivity contribution in [1.82, 2.24) is 0 Å². The van der Waals surface area contributed by atoms with Crippen LogP contribution in [0.2, 0.25) is 0 Å². The van der Waals surface area contributed by atoms with E-state index < -0.39 is 18.2 Å². The van der Waals surface area contributed by atoms with Crippen LogP contribution < -0.4 is 0 Å². The van der Waals surface area contributed by atoms with Crippen molar-refractivity contribution in [2.24, 2.45) is 0 Å². The molecule has 45 heavy (non-hydrogen) atoms. The third kappa shape index (κ3) is 34.3. The average molecular weight is 631 g/mol. The first-order chi connectivity index (χ1) is 22.0. The van der Waals surface area contributed by atoms with Gasteiger partial charge in [0.05, 0.1) is 6.10 Å². The molecule has 0 fully saturated rings. The monoisotopic (exact) mass is 630 g/mol. The van der Waals surface area contributed by atoms with Crippen LogP contribution >= 0.6 is 0 Å². The molecule has 2 atom stereocenters. The molecule has 0 aliphatic heterocycles. The fourth-order valence-electron chi connectivity index (χ4n) is 4.64. The van der Waals surface area contributed by atoms with Crippen molar-refractivity contribution < 1.29 is 29.3 Å². The maximum atomic E-state index is 11.9. The first-order valence-corrected chi connectivity index (χ1v) is 17.9. The highest BCUT2D eigenvalue weighted by Gasteiger charge is 2.12. The minimum absolute atomic E-state index is 0.153. The van der Waals surface area contributed by atoms with Gasteiger partial charge in [0, 0.05) is 12.8 Å². The highest BCUT2D eigenvalue weighted by Crippen LogP contribution is 2.13. The number of allylic oxidation sites excluding steroid dienone is 9. The number of carbonyl (C=O) groups excluding carboxylic acids is 2. The van der Waals surface area contributed by atoms with E-state index in [9.17, 15) is 19.8 Å². The Morgan fingerprint density at radius 2 is 1.00 bits per heavy atom. The van der Waals surface area contributed by atoms with Gasteiger partial charge in [-0.2, -0.15) is 0 Å². The Morgan fingerprint density at radius 1 is 0.556 bits per heavy atom. The zero-order valence-electron chi connectivity index (χ0n) is 28.7. The van der Waals surface area contributed by atoms with Gasteiger partial charge in [-0.05, 0) is 44.9 Å². The van der Waals surface area contributed by atoms with Gasteiger partial charge in [-0.15, -0.1) is 0 Å². The molecule has 0 aromatic heterocycles. The molecule has 0 rings (SSSR count). The van der Waals surface area contributed by atoms with Gasteiger partial charge in [-0.25, -0.2) is 0 Å². The van der Waals surface area contributed by atoms with Crippen LogP contribution in [0.4, 0.5) is 0 Å². The third-order valence-electron chi connectivity index (χ3n) is 7.37. The van der Waals surface area contributed by atoms with E-state index in [0.717, 1.165) is 44.9 Å². The zero-order valence-corrected chi connectivity index (χ0v) is 28.7. The van der Waals surface area contributed by atoms with Gasteiger partial charge < -0.3 is 19.7 Å². The Kier molecular flexibility index (Phi) is 32.6. The Balaban J connectivity index is 3.67. The van der Waals surface area contributed by atoms with Crippen molar-refractivity contribution in [2.45, 2.75) is 161 Å². The van der Waals surface area contributed by atoms with Crippen molar-refractivity contribution in [3.63, 3.8) is 0 Å². The SMILES string of the molecule is CC/C=C\C/C=C\C/C=C\C/C=C\C=C\C(O)CCCC(=O)OC[C@H](O)COC(=O)CCCCCCCCCCCCCCC. The van der Waals surface area contributed by atoms with Crippen LogP contribution in [0.15, 0.2) is 60.8 Å². The lowest BCUT2D eigenvalue weighted by Crippen LogP contribution is -2.25. The summed E-state index contributed by atoms with van der Waals surface area (Å²) in [7, 11) is 0. The summed E-state index contributed by atoms with van der Waals surface area (Å²) < 4.78 is 10.2. The maximum absolute atomic E-state index is 11.9. The first-order valence-electron chi connectivity index (χ1n) is 17.9. The fraction of sp³-hybridized carbons (Fsp3) is 0.692. The molecular formula is C39H66O6. The molecule has 0 bridgehead atoms. The van der Waals surface area contributed by atoms with Gasteiger partial charge in [0.1, 0.15) is 19.3 Å². The molecule has 0 heterocycles. The molecule has 0 aromatic rings. The second-order valence-electron chi connectivity index (χ2n) is 11.8. The van der Waals surface area contributed by atoms with Gasteiger partial charge in [0.2, 0.25) is 0 Å². The summed E-state index contributed by atoms with van der Waals surface area (Å²) >= 11 is 0. The molecule has 6 heteroatoms. The van der Waals surface area contributed by atoms with E-state index in [4.69, 9.17) is 9.47 Å². The average Bonchev–Trinajstić information content (AvgIpc) is 3.03. The van der Waals surface area contributed by atoms with Crippen LogP contribution in [0.25, 0.3) is 0 Å². The number of rotatable bonds is 31. The standard InChI is InChI=1S/C39H66O6/c1-3-5-7-9-11-13-15-17-19-21-23-25-27-30-36(40)31-29-33-39(43)45-35-37(41)34-44-38(42)32-28-26-24-22-20-18-16-14-12-10-8-6-4-2/h5,7,11,13,17,19,23,25,27,30,36-37,40-41H,3-4,6,8-10,12,14-16,18,20-22,24,26,28-29,31-35H2,1-2H3/b7-5-,13-11-,19-17-,25-23-,30-27+/t36?,37-/m1/s1. The molecule has 0 aliphatic carbocycles. The van der Waals surface area contributed by atoms with E-state index in [1.165, 1.54) is 64.2 Å². The third-order valence-corrected chi connectivity index (χ3v) is 7.37. The molecule has 2 N–H and O–H groups in total. The molecule has 0 amide bonds. The predicted molar refractivity (Wildman–Crippen MR) is 188 cm³/mol. The lowest BCUT2D eigenvalue weighted by atomic mass is 10.0. The second-order valence-corrected chi connectivity index (χ2v) is 11.8. The molecule has 0 radical (unpaired) electrons. The molecule has 6 nitrogen and oxygen atoms in total. The summed E-state index contributed by atoms with van der Waals surface area (Å²) in [5.41, 5.74) is 0. The summed E-state index contributed by atoms with van der Waals surface area (Å²) in [6.45, 7) is 4.00. The summed E-state index contributed by atoms with van der Waals surface area (Å²) in [5.74, 6) is -0.766. The Hall–Kier alpha value is -2.44. The Labute approximate surface area is 275 Å². The molecule has 0 aromatic carbocycles. The summed E-state index contributed by atoms with van der Waals surface area (Å²) in [6.07, 6.45) is 40.2. The number of aliphatic hydroxyl groups is 2. The highest BCUT2D eigenvalue weighted by molar-refractivity contribution is 5.69. The van der Waals surface area contributed by atoms with E-state index in [1.54, 1.807) is 6.08 Å². The Morgan fingerprint density at radius 3 is 1.51 bits per heavy atom. The van der Waals surface area contributed by atoms with E-state index in [0.29, 0.717) is 19.3 Å². The summed E-state index contributed by atoms with van der Waals surface area (Å²) in [6, 6.07) is 0. The number of hydrogen-bond acceptors (Lipinski definition) is 6. The van der Waals surface area contributed by atoms with Crippen LogP contribution in [0.1, 0.15) is 149 Å². The first kappa shape index (κ1) is 42.6. The maximum Gasteiger partial charge on any atom is 0.305 e. The smallest absolute Gasteiger partial charge is 0.305 e. The van der Waals surface area contributed by atoms with Gasteiger partial charge in [0.15, 0.2) is 0 Å². The molecule has 258 valence electrons. The van der Waals surface area contributed by atoms with Crippen molar-refractivity contribution in [3.8, 4) is 0 Å².